The predicted octanol–water partition coefficient (Wildman–Crippen LogP) is 4.24. The summed E-state index contributed by atoms with van der Waals surface area (Å²) in [5.41, 5.74) is 0. The second kappa shape index (κ2) is 4.29. The lowest BCUT2D eigenvalue weighted by Gasteiger charge is -2.03. The van der Waals surface area contributed by atoms with Gasteiger partial charge in [0.05, 0.1) is 0 Å². The van der Waals surface area contributed by atoms with Gasteiger partial charge in [-0.25, -0.2) is 4.39 Å². The number of allylic oxidation sites excluding steroid dienone is 3. The summed E-state index contributed by atoms with van der Waals surface area (Å²) < 4.78 is 79.8. The molecule has 0 nitrogen and oxygen atoms in total. The molecule has 0 aliphatic heterocycles. The highest BCUT2D eigenvalue weighted by atomic mass is 127. The van der Waals surface area contributed by atoms with Gasteiger partial charge in [0.2, 0.25) is 17.5 Å². The third kappa shape index (κ3) is 3.53. The number of hydrogen-bond acceptors (Lipinski definition) is 0. The van der Waals surface area contributed by atoms with Crippen LogP contribution in [0.15, 0.2) is 21.3 Å². The van der Waals surface area contributed by atoms with Crippen molar-refractivity contribution in [1.29, 1.82) is 0 Å². The Balaban J connectivity index is 5.18. The fraction of sp³-hybridized carbons (Fsp3) is 0.200. The average molecular weight is 320 g/mol. The molecule has 0 saturated heterocycles. The summed E-state index contributed by atoms with van der Waals surface area (Å²) in [4.78, 5) is 0. The molecule has 0 saturated carbocycles. The normalized spacial score (nSPS) is 16.6. The molecule has 0 aromatic carbocycles. The molecule has 0 fully saturated rings. The Hall–Kier alpha value is -0.280. The van der Waals surface area contributed by atoms with Crippen LogP contribution in [0.1, 0.15) is 0 Å². The molecule has 0 radical (unpaired) electrons. The van der Waals surface area contributed by atoms with E-state index >= 15 is 0 Å². The van der Waals surface area contributed by atoms with Gasteiger partial charge in [0.1, 0.15) is 0 Å². The van der Waals surface area contributed by atoms with E-state index in [0.29, 0.717) is 22.6 Å². The van der Waals surface area contributed by atoms with Crippen LogP contribution in [0.2, 0.25) is 0 Å². The molecule has 0 heterocycles. The van der Waals surface area contributed by atoms with Crippen LogP contribution in [0.4, 0.5) is 30.7 Å². The SMILES string of the molecule is F/C(I)=C(F)\C(F)=C(/F)C(F)(F)F. The van der Waals surface area contributed by atoms with Crippen LogP contribution in [-0.2, 0) is 0 Å². The van der Waals surface area contributed by atoms with Gasteiger partial charge in [-0.2, -0.15) is 26.3 Å². The maximum Gasteiger partial charge on any atom is 0.446 e. The molecule has 0 aliphatic carbocycles. The van der Waals surface area contributed by atoms with Crippen molar-refractivity contribution in [2.75, 3.05) is 0 Å². The largest absolute Gasteiger partial charge is 0.446 e. The number of halogens is 8. The number of rotatable bonds is 1. The van der Waals surface area contributed by atoms with Crippen LogP contribution >= 0.6 is 22.6 Å². The molecule has 0 rings (SSSR count). The smallest absolute Gasteiger partial charge is 0.200 e. The molecule has 0 atom stereocenters. The Morgan fingerprint density at radius 1 is 0.846 bits per heavy atom. The molecule has 0 spiro atoms. The first-order valence-corrected chi connectivity index (χ1v) is 3.59. The van der Waals surface area contributed by atoms with Crippen LogP contribution in [0.25, 0.3) is 0 Å². The van der Waals surface area contributed by atoms with Gasteiger partial charge in [0.15, 0.2) is 3.83 Å². The fourth-order valence-corrected chi connectivity index (χ4v) is 0.541. The van der Waals surface area contributed by atoms with Gasteiger partial charge in [0, 0.05) is 0 Å². The van der Waals surface area contributed by atoms with Gasteiger partial charge in [-0.3, -0.25) is 0 Å². The molecule has 0 amide bonds. The van der Waals surface area contributed by atoms with Crippen LogP contribution in [-0.4, -0.2) is 6.18 Å². The van der Waals surface area contributed by atoms with E-state index in [1.54, 1.807) is 0 Å². The lowest BCUT2D eigenvalue weighted by atomic mass is 10.4. The Labute approximate surface area is 81.2 Å². The average Bonchev–Trinajstić information content (AvgIpc) is 1.98. The monoisotopic (exact) mass is 320 g/mol. The zero-order chi connectivity index (χ0) is 10.8. The maximum atomic E-state index is 12.0. The molecule has 0 bridgehead atoms. The number of alkyl halides is 3. The van der Waals surface area contributed by atoms with E-state index in [-0.39, 0.29) is 0 Å². The summed E-state index contributed by atoms with van der Waals surface area (Å²) in [7, 11) is 0. The van der Waals surface area contributed by atoms with E-state index in [0.717, 1.165) is 0 Å². The second-order valence-electron chi connectivity index (χ2n) is 1.70. The summed E-state index contributed by atoms with van der Waals surface area (Å²) in [6.45, 7) is 0. The minimum absolute atomic E-state index is 0.575. The Morgan fingerprint density at radius 3 is 1.46 bits per heavy atom. The lowest BCUT2D eigenvalue weighted by Crippen LogP contribution is -2.09. The summed E-state index contributed by atoms with van der Waals surface area (Å²) in [5.74, 6) is -8.69. The van der Waals surface area contributed by atoms with Crippen LogP contribution in [0.3, 0.4) is 0 Å². The van der Waals surface area contributed by atoms with E-state index in [4.69, 9.17) is 0 Å². The Bertz CT molecular complexity index is 257. The van der Waals surface area contributed by atoms with Gasteiger partial charge in [-0.15, -0.1) is 0 Å². The summed E-state index contributed by atoms with van der Waals surface area (Å²) in [6.07, 6.45) is -5.66. The summed E-state index contributed by atoms with van der Waals surface area (Å²) >= 11 is 0.575. The van der Waals surface area contributed by atoms with Crippen molar-refractivity contribution in [3.63, 3.8) is 0 Å². The maximum absolute atomic E-state index is 12.0. The van der Waals surface area contributed by atoms with E-state index < -0.39 is 27.5 Å². The Kier molecular flexibility index (Phi) is 4.20. The van der Waals surface area contributed by atoms with Crippen LogP contribution < -0.4 is 0 Å². The van der Waals surface area contributed by atoms with Gasteiger partial charge in [-0.1, -0.05) is 0 Å². The first-order chi connectivity index (χ1) is 5.68. The van der Waals surface area contributed by atoms with Crippen molar-refractivity contribution in [2.45, 2.75) is 6.18 Å². The van der Waals surface area contributed by atoms with Gasteiger partial charge >= 0.3 is 6.18 Å². The van der Waals surface area contributed by atoms with E-state index in [2.05, 4.69) is 0 Å². The molecule has 0 aromatic rings. The van der Waals surface area contributed by atoms with Crippen molar-refractivity contribution in [3.05, 3.63) is 21.3 Å². The van der Waals surface area contributed by atoms with Crippen LogP contribution in [0.5, 0.6) is 0 Å². The highest BCUT2D eigenvalue weighted by Crippen LogP contribution is 2.34. The third-order valence-electron chi connectivity index (χ3n) is 0.800. The zero-order valence-electron chi connectivity index (χ0n) is 5.52. The van der Waals surface area contributed by atoms with Gasteiger partial charge in [0.25, 0.3) is 0 Å². The van der Waals surface area contributed by atoms with E-state index in [1.165, 1.54) is 0 Å². The van der Waals surface area contributed by atoms with Gasteiger partial charge in [-0.05, 0) is 22.6 Å². The fourth-order valence-electron chi connectivity index (χ4n) is 0.304. The summed E-state index contributed by atoms with van der Waals surface area (Å²) in [5, 5.41) is 0. The third-order valence-corrected chi connectivity index (χ3v) is 1.27. The lowest BCUT2D eigenvalue weighted by molar-refractivity contribution is -0.111. The second-order valence-corrected chi connectivity index (χ2v) is 2.65. The molecule has 0 aliphatic rings. The number of hydrogen-bond donors (Lipinski definition) is 0. The predicted molar refractivity (Wildman–Crippen MR) is 38.6 cm³/mol. The molecule has 8 heteroatoms. The molecule has 13 heavy (non-hydrogen) atoms. The van der Waals surface area contributed by atoms with Crippen LogP contribution in [0, 0.1) is 0 Å². The van der Waals surface area contributed by atoms with E-state index in [9.17, 15) is 30.7 Å². The van der Waals surface area contributed by atoms with Crippen molar-refractivity contribution < 1.29 is 30.7 Å². The molecular weight excluding hydrogens is 320 g/mol. The first-order valence-electron chi connectivity index (χ1n) is 2.51. The van der Waals surface area contributed by atoms with Crippen molar-refractivity contribution in [2.24, 2.45) is 0 Å². The van der Waals surface area contributed by atoms with Crippen molar-refractivity contribution in [1.82, 2.24) is 0 Å². The topological polar surface area (TPSA) is 0 Å². The molecular formula is C5F7I. The molecule has 76 valence electrons. The van der Waals surface area contributed by atoms with E-state index in [1.807, 2.05) is 0 Å². The van der Waals surface area contributed by atoms with Gasteiger partial charge < -0.3 is 0 Å². The summed E-state index contributed by atoms with van der Waals surface area (Å²) in [6, 6.07) is 0. The standard InChI is InChI=1S/C5F7I/c6-1(2(7)4(9)13)3(8)5(10,11)12/b3-1+,4-2-. The molecule has 0 unspecified atom stereocenters. The van der Waals surface area contributed by atoms with Crippen molar-refractivity contribution >= 4 is 22.6 Å². The highest BCUT2D eigenvalue weighted by molar-refractivity contribution is 14.1. The minimum atomic E-state index is -5.66. The quantitative estimate of drug-likeness (QED) is 0.385. The molecule has 0 aromatic heterocycles. The Morgan fingerprint density at radius 2 is 1.23 bits per heavy atom. The highest BCUT2D eigenvalue weighted by Gasteiger charge is 2.39. The minimum Gasteiger partial charge on any atom is -0.200 e. The molecule has 0 N–H and O–H groups in total. The first kappa shape index (κ1) is 12.7. The van der Waals surface area contributed by atoms with Crippen molar-refractivity contribution in [3.8, 4) is 0 Å². The zero-order valence-corrected chi connectivity index (χ0v) is 7.68.